The molecule has 1 aliphatic heterocycles. The Labute approximate surface area is 128 Å². The number of aromatic nitrogens is 1. The summed E-state index contributed by atoms with van der Waals surface area (Å²) in [4.78, 5) is 6.81. The van der Waals surface area contributed by atoms with E-state index in [1.165, 1.54) is 31.6 Å². The van der Waals surface area contributed by atoms with Crippen LogP contribution in [-0.2, 0) is 6.54 Å². The summed E-state index contributed by atoms with van der Waals surface area (Å²) in [6, 6.07) is 6.11. The Morgan fingerprint density at radius 1 is 1.17 bits per heavy atom. The zero-order valence-electron chi connectivity index (χ0n) is 10.3. The molecule has 2 N–H and O–H groups in total. The van der Waals surface area contributed by atoms with Crippen molar-refractivity contribution in [1.82, 2.24) is 9.88 Å². The molecule has 0 bridgehead atoms. The molecule has 1 saturated heterocycles. The lowest BCUT2D eigenvalue weighted by Crippen LogP contribution is -2.35. The maximum atomic E-state index is 5.67. The standard InChI is InChI=1S/C12H19N3.3ClH/c13-9-11-4-7-15(8-5-11)10-12-3-1-2-6-14-12;;;/h1-3,6,11H,4-5,7-10,13H2;3*1H. The van der Waals surface area contributed by atoms with Crippen molar-refractivity contribution in [3.05, 3.63) is 30.1 Å². The van der Waals surface area contributed by atoms with Crippen molar-refractivity contribution in [2.45, 2.75) is 19.4 Å². The summed E-state index contributed by atoms with van der Waals surface area (Å²) < 4.78 is 0. The smallest absolute Gasteiger partial charge is 0.0543 e. The summed E-state index contributed by atoms with van der Waals surface area (Å²) in [6.45, 7) is 4.16. The molecule has 0 atom stereocenters. The number of nitrogens with zero attached hydrogens (tertiary/aromatic N) is 2. The van der Waals surface area contributed by atoms with Gasteiger partial charge in [-0.3, -0.25) is 9.88 Å². The number of halogens is 3. The van der Waals surface area contributed by atoms with Gasteiger partial charge in [0, 0.05) is 12.7 Å². The molecule has 106 valence electrons. The molecule has 0 unspecified atom stereocenters. The quantitative estimate of drug-likeness (QED) is 0.932. The van der Waals surface area contributed by atoms with E-state index in [1.54, 1.807) is 0 Å². The Balaban J connectivity index is 0. The van der Waals surface area contributed by atoms with E-state index in [4.69, 9.17) is 5.73 Å². The van der Waals surface area contributed by atoms with E-state index in [0.717, 1.165) is 19.0 Å². The fourth-order valence-corrected chi connectivity index (χ4v) is 2.10. The van der Waals surface area contributed by atoms with Crippen LogP contribution in [0.4, 0.5) is 0 Å². The lowest BCUT2D eigenvalue weighted by molar-refractivity contribution is 0.179. The van der Waals surface area contributed by atoms with Crippen molar-refractivity contribution in [3.8, 4) is 0 Å². The van der Waals surface area contributed by atoms with Crippen molar-refractivity contribution >= 4 is 37.2 Å². The molecule has 2 rings (SSSR count). The van der Waals surface area contributed by atoms with Crippen LogP contribution in [0.1, 0.15) is 18.5 Å². The second-order valence-corrected chi connectivity index (χ2v) is 4.28. The minimum atomic E-state index is 0. The van der Waals surface area contributed by atoms with E-state index >= 15 is 0 Å². The lowest BCUT2D eigenvalue weighted by atomic mass is 9.97. The Hall–Kier alpha value is -0.0600. The molecule has 0 amide bonds. The van der Waals surface area contributed by atoms with Gasteiger partial charge in [-0.05, 0) is 50.5 Å². The molecular weight excluding hydrogens is 293 g/mol. The lowest BCUT2D eigenvalue weighted by Gasteiger charge is -2.30. The number of nitrogens with two attached hydrogens (primary N) is 1. The van der Waals surface area contributed by atoms with Gasteiger partial charge in [0.05, 0.1) is 5.69 Å². The normalized spacial score (nSPS) is 16.1. The second-order valence-electron chi connectivity index (χ2n) is 4.28. The SMILES string of the molecule is Cl.Cl.Cl.NCC1CCN(Cc2ccccn2)CC1. The predicted octanol–water partition coefficient (Wildman–Crippen LogP) is 2.52. The molecule has 0 aliphatic carbocycles. The third-order valence-corrected chi connectivity index (χ3v) is 3.15. The molecule has 1 aromatic heterocycles. The zero-order chi connectivity index (χ0) is 10.5. The molecule has 1 aliphatic rings. The van der Waals surface area contributed by atoms with Gasteiger partial charge in [0.2, 0.25) is 0 Å². The number of rotatable bonds is 3. The van der Waals surface area contributed by atoms with Crippen LogP contribution in [0.5, 0.6) is 0 Å². The van der Waals surface area contributed by atoms with Gasteiger partial charge in [-0.15, -0.1) is 37.2 Å². The first kappa shape index (κ1) is 20.3. The molecule has 1 fully saturated rings. The van der Waals surface area contributed by atoms with E-state index in [9.17, 15) is 0 Å². The first-order valence-electron chi connectivity index (χ1n) is 5.71. The highest BCUT2D eigenvalue weighted by Gasteiger charge is 2.17. The molecule has 0 aromatic carbocycles. The summed E-state index contributed by atoms with van der Waals surface area (Å²) in [5.41, 5.74) is 6.84. The van der Waals surface area contributed by atoms with Gasteiger partial charge in [-0.25, -0.2) is 0 Å². The number of likely N-dealkylation sites (tertiary alicyclic amines) is 1. The highest BCUT2D eigenvalue weighted by Crippen LogP contribution is 2.17. The molecule has 18 heavy (non-hydrogen) atoms. The van der Waals surface area contributed by atoms with Crippen LogP contribution in [0, 0.1) is 5.92 Å². The summed E-state index contributed by atoms with van der Waals surface area (Å²) in [7, 11) is 0. The minimum Gasteiger partial charge on any atom is -0.330 e. The van der Waals surface area contributed by atoms with Gasteiger partial charge >= 0.3 is 0 Å². The molecule has 3 nitrogen and oxygen atoms in total. The maximum Gasteiger partial charge on any atom is 0.0543 e. The summed E-state index contributed by atoms with van der Waals surface area (Å²) >= 11 is 0. The van der Waals surface area contributed by atoms with E-state index in [2.05, 4.69) is 22.0 Å². The van der Waals surface area contributed by atoms with Gasteiger partial charge in [0.15, 0.2) is 0 Å². The highest BCUT2D eigenvalue weighted by atomic mass is 35.5. The van der Waals surface area contributed by atoms with Crippen LogP contribution in [0.25, 0.3) is 0 Å². The largest absolute Gasteiger partial charge is 0.330 e. The molecule has 0 radical (unpaired) electrons. The van der Waals surface area contributed by atoms with Crippen LogP contribution in [0.15, 0.2) is 24.4 Å². The van der Waals surface area contributed by atoms with E-state index in [0.29, 0.717) is 0 Å². The van der Waals surface area contributed by atoms with Crippen molar-refractivity contribution in [1.29, 1.82) is 0 Å². The number of hydrogen-bond acceptors (Lipinski definition) is 3. The Bertz CT molecular complexity index is 290. The molecule has 0 spiro atoms. The number of piperidine rings is 1. The van der Waals surface area contributed by atoms with Crippen LogP contribution in [-0.4, -0.2) is 29.5 Å². The molecule has 1 aromatic rings. The third-order valence-electron chi connectivity index (χ3n) is 3.15. The monoisotopic (exact) mass is 313 g/mol. The molecule has 2 heterocycles. The maximum absolute atomic E-state index is 5.67. The summed E-state index contributed by atoms with van der Waals surface area (Å²) in [5.74, 6) is 0.741. The van der Waals surface area contributed by atoms with Crippen molar-refractivity contribution in [2.24, 2.45) is 11.7 Å². The van der Waals surface area contributed by atoms with Crippen LogP contribution in [0.3, 0.4) is 0 Å². The summed E-state index contributed by atoms with van der Waals surface area (Å²) in [6.07, 6.45) is 4.34. The van der Waals surface area contributed by atoms with Crippen molar-refractivity contribution in [2.75, 3.05) is 19.6 Å². The van der Waals surface area contributed by atoms with Crippen LogP contribution >= 0.6 is 37.2 Å². The van der Waals surface area contributed by atoms with Crippen LogP contribution < -0.4 is 5.73 Å². The van der Waals surface area contributed by atoms with Gasteiger partial charge in [0.25, 0.3) is 0 Å². The van der Waals surface area contributed by atoms with E-state index in [-0.39, 0.29) is 37.2 Å². The minimum absolute atomic E-state index is 0. The van der Waals surface area contributed by atoms with Crippen LogP contribution in [0.2, 0.25) is 0 Å². The fourth-order valence-electron chi connectivity index (χ4n) is 2.10. The fraction of sp³-hybridized carbons (Fsp3) is 0.583. The zero-order valence-corrected chi connectivity index (χ0v) is 12.8. The van der Waals surface area contributed by atoms with Gasteiger partial charge in [0.1, 0.15) is 0 Å². The average molecular weight is 315 g/mol. The number of pyridine rings is 1. The van der Waals surface area contributed by atoms with Gasteiger partial charge in [-0.2, -0.15) is 0 Å². The van der Waals surface area contributed by atoms with Crippen molar-refractivity contribution in [3.63, 3.8) is 0 Å². The van der Waals surface area contributed by atoms with E-state index < -0.39 is 0 Å². The third kappa shape index (κ3) is 6.21. The Morgan fingerprint density at radius 3 is 2.33 bits per heavy atom. The average Bonchev–Trinajstić information content (AvgIpc) is 2.31. The Kier molecular flexibility index (Phi) is 12.2. The first-order chi connectivity index (χ1) is 7.38. The Morgan fingerprint density at radius 2 is 1.83 bits per heavy atom. The van der Waals surface area contributed by atoms with E-state index in [1.807, 2.05) is 12.3 Å². The summed E-state index contributed by atoms with van der Waals surface area (Å²) in [5, 5.41) is 0. The number of hydrogen-bond donors (Lipinski definition) is 1. The van der Waals surface area contributed by atoms with Gasteiger partial charge in [-0.1, -0.05) is 6.07 Å². The van der Waals surface area contributed by atoms with Gasteiger partial charge < -0.3 is 5.73 Å². The second kappa shape index (κ2) is 10.8. The molecule has 6 heteroatoms. The highest BCUT2D eigenvalue weighted by molar-refractivity contribution is 5.86. The topological polar surface area (TPSA) is 42.1 Å². The first-order valence-corrected chi connectivity index (χ1v) is 5.71. The predicted molar refractivity (Wildman–Crippen MR) is 83.0 cm³/mol. The molecule has 0 saturated carbocycles. The van der Waals surface area contributed by atoms with Crippen molar-refractivity contribution < 1.29 is 0 Å². The molecular formula is C12H22Cl3N3.